The highest BCUT2D eigenvalue weighted by molar-refractivity contribution is 6.29. The molecule has 2 heterocycles. The Hall–Kier alpha value is -1.49. The molecule has 2 rings (SSSR count). The summed E-state index contributed by atoms with van der Waals surface area (Å²) in [5, 5.41) is 0.384. The minimum absolute atomic E-state index is 0.0859. The standard InChI is InChI=1S/C15H21ClN2O3/c1-5-11-9-18(14(19)21-15(2,3)4)8-10-7-17-13(16)6-12(10)20-11/h6-7,11H,5,8-9H2,1-4H3/t11-/m1/s1. The maximum absolute atomic E-state index is 12.3. The van der Waals surface area contributed by atoms with Crippen molar-refractivity contribution in [2.45, 2.75) is 52.4 Å². The number of rotatable bonds is 1. The minimum Gasteiger partial charge on any atom is -0.488 e. The van der Waals surface area contributed by atoms with Gasteiger partial charge in [0.05, 0.1) is 13.1 Å². The van der Waals surface area contributed by atoms with Gasteiger partial charge < -0.3 is 9.47 Å². The first-order chi connectivity index (χ1) is 9.78. The monoisotopic (exact) mass is 312 g/mol. The maximum Gasteiger partial charge on any atom is 0.410 e. The van der Waals surface area contributed by atoms with Crippen molar-refractivity contribution in [2.75, 3.05) is 6.54 Å². The molecule has 1 aromatic rings. The van der Waals surface area contributed by atoms with Crippen LogP contribution in [0.3, 0.4) is 0 Å². The Labute approximate surface area is 130 Å². The van der Waals surface area contributed by atoms with Crippen molar-refractivity contribution in [3.63, 3.8) is 0 Å². The number of hydrogen-bond donors (Lipinski definition) is 0. The number of halogens is 1. The molecule has 1 aliphatic rings. The van der Waals surface area contributed by atoms with Gasteiger partial charge in [0.1, 0.15) is 22.6 Å². The lowest BCUT2D eigenvalue weighted by Crippen LogP contribution is -2.40. The van der Waals surface area contributed by atoms with Crippen molar-refractivity contribution >= 4 is 17.7 Å². The molecule has 1 aliphatic heterocycles. The molecule has 0 bridgehead atoms. The van der Waals surface area contributed by atoms with Gasteiger partial charge in [0.2, 0.25) is 0 Å². The largest absolute Gasteiger partial charge is 0.488 e. The number of aromatic nitrogens is 1. The van der Waals surface area contributed by atoms with E-state index in [0.717, 1.165) is 12.0 Å². The molecule has 0 aliphatic carbocycles. The molecule has 0 aromatic carbocycles. The molecule has 1 aromatic heterocycles. The zero-order valence-electron chi connectivity index (χ0n) is 12.9. The van der Waals surface area contributed by atoms with Gasteiger partial charge in [0.15, 0.2) is 0 Å². The molecule has 0 fully saturated rings. The second kappa shape index (κ2) is 6.10. The lowest BCUT2D eigenvalue weighted by atomic mass is 10.2. The van der Waals surface area contributed by atoms with Crippen LogP contribution in [-0.2, 0) is 11.3 Å². The molecule has 21 heavy (non-hydrogen) atoms. The third kappa shape index (κ3) is 4.24. The Balaban J connectivity index is 2.24. The van der Waals surface area contributed by atoms with Gasteiger partial charge in [-0.3, -0.25) is 4.90 Å². The number of carbonyl (C=O) groups excluding carboxylic acids is 1. The van der Waals surface area contributed by atoms with E-state index >= 15 is 0 Å². The van der Waals surface area contributed by atoms with Gasteiger partial charge in [-0.1, -0.05) is 18.5 Å². The topological polar surface area (TPSA) is 51.7 Å². The summed E-state index contributed by atoms with van der Waals surface area (Å²) < 4.78 is 11.4. The number of pyridine rings is 1. The lowest BCUT2D eigenvalue weighted by Gasteiger charge is -2.27. The maximum atomic E-state index is 12.3. The Kier molecular flexibility index (Phi) is 4.61. The Bertz CT molecular complexity index is 528. The van der Waals surface area contributed by atoms with Gasteiger partial charge in [0, 0.05) is 17.8 Å². The molecular weight excluding hydrogens is 292 g/mol. The number of hydrogen-bond acceptors (Lipinski definition) is 4. The fourth-order valence-corrected chi connectivity index (χ4v) is 2.23. The van der Waals surface area contributed by atoms with E-state index in [4.69, 9.17) is 21.1 Å². The summed E-state index contributed by atoms with van der Waals surface area (Å²) in [7, 11) is 0. The highest BCUT2D eigenvalue weighted by Crippen LogP contribution is 2.28. The molecule has 0 N–H and O–H groups in total. The van der Waals surface area contributed by atoms with Crippen molar-refractivity contribution in [1.29, 1.82) is 0 Å². The summed E-state index contributed by atoms with van der Waals surface area (Å²) in [6, 6.07) is 1.69. The molecule has 0 saturated heterocycles. The SMILES string of the molecule is CC[C@@H]1CN(C(=O)OC(C)(C)C)Cc2cnc(Cl)cc2O1. The first kappa shape index (κ1) is 15.9. The smallest absolute Gasteiger partial charge is 0.410 e. The van der Waals surface area contributed by atoms with Crippen LogP contribution in [0.15, 0.2) is 12.3 Å². The molecule has 0 spiro atoms. The average Bonchev–Trinajstić information content (AvgIpc) is 2.55. The quantitative estimate of drug-likeness (QED) is 0.743. The summed E-state index contributed by atoms with van der Waals surface area (Å²) in [5.41, 5.74) is 0.314. The minimum atomic E-state index is -0.521. The van der Waals surface area contributed by atoms with E-state index in [1.165, 1.54) is 0 Å². The molecule has 0 radical (unpaired) electrons. The van der Waals surface area contributed by atoms with E-state index in [1.54, 1.807) is 17.2 Å². The number of amides is 1. The predicted molar refractivity (Wildman–Crippen MR) is 80.6 cm³/mol. The number of fused-ring (bicyclic) bond motifs is 1. The molecule has 6 heteroatoms. The van der Waals surface area contributed by atoms with Crippen molar-refractivity contribution in [1.82, 2.24) is 9.88 Å². The van der Waals surface area contributed by atoms with Crippen LogP contribution in [-0.4, -0.2) is 34.2 Å². The molecule has 5 nitrogen and oxygen atoms in total. The van der Waals surface area contributed by atoms with Gasteiger partial charge in [-0.25, -0.2) is 9.78 Å². The fraction of sp³-hybridized carbons (Fsp3) is 0.600. The summed E-state index contributed by atoms with van der Waals surface area (Å²) in [6.07, 6.45) is 2.01. The average molecular weight is 313 g/mol. The summed E-state index contributed by atoms with van der Waals surface area (Å²) in [4.78, 5) is 18.0. The number of ether oxygens (including phenoxy) is 2. The normalized spacial score (nSPS) is 18.5. The molecule has 116 valence electrons. The van der Waals surface area contributed by atoms with E-state index < -0.39 is 5.60 Å². The predicted octanol–water partition coefficient (Wildman–Crippen LogP) is 3.64. The number of carbonyl (C=O) groups is 1. The van der Waals surface area contributed by atoms with E-state index in [9.17, 15) is 4.79 Å². The van der Waals surface area contributed by atoms with Gasteiger partial charge >= 0.3 is 6.09 Å². The van der Waals surface area contributed by atoms with Crippen LogP contribution in [0.5, 0.6) is 5.75 Å². The van der Waals surface area contributed by atoms with Crippen molar-refractivity contribution < 1.29 is 14.3 Å². The number of nitrogens with zero attached hydrogens (tertiary/aromatic N) is 2. The van der Waals surface area contributed by atoms with Crippen molar-refractivity contribution in [3.8, 4) is 5.75 Å². The second-order valence-electron chi connectivity index (χ2n) is 6.12. The molecule has 0 saturated carbocycles. The fourth-order valence-electron chi connectivity index (χ4n) is 2.08. The lowest BCUT2D eigenvalue weighted by molar-refractivity contribution is 0.0177. The van der Waals surface area contributed by atoms with Crippen molar-refractivity contribution in [2.24, 2.45) is 0 Å². The van der Waals surface area contributed by atoms with Gasteiger partial charge in [-0.15, -0.1) is 0 Å². The summed E-state index contributed by atoms with van der Waals surface area (Å²) in [6.45, 7) is 8.47. The summed E-state index contributed by atoms with van der Waals surface area (Å²) >= 11 is 5.91. The Morgan fingerprint density at radius 3 is 2.90 bits per heavy atom. The molecule has 0 unspecified atom stereocenters. The van der Waals surface area contributed by atoms with Crippen LogP contribution in [0.4, 0.5) is 4.79 Å². The highest BCUT2D eigenvalue weighted by Gasteiger charge is 2.29. The Morgan fingerprint density at radius 1 is 1.57 bits per heavy atom. The highest BCUT2D eigenvalue weighted by atomic mass is 35.5. The van der Waals surface area contributed by atoms with Crippen LogP contribution in [0.25, 0.3) is 0 Å². The summed E-state index contributed by atoms with van der Waals surface area (Å²) in [5.74, 6) is 0.688. The van der Waals surface area contributed by atoms with E-state index in [-0.39, 0.29) is 12.2 Å². The first-order valence-corrected chi connectivity index (χ1v) is 7.45. The van der Waals surface area contributed by atoms with Gasteiger partial charge in [0.25, 0.3) is 0 Å². The van der Waals surface area contributed by atoms with Crippen LogP contribution in [0.2, 0.25) is 5.15 Å². The van der Waals surface area contributed by atoms with Gasteiger partial charge in [-0.2, -0.15) is 0 Å². The van der Waals surface area contributed by atoms with Crippen LogP contribution >= 0.6 is 11.6 Å². The van der Waals surface area contributed by atoms with E-state index in [2.05, 4.69) is 4.98 Å². The van der Waals surface area contributed by atoms with E-state index in [0.29, 0.717) is 24.0 Å². The van der Waals surface area contributed by atoms with E-state index in [1.807, 2.05) is 27.7 Å². The zero-order chi connectivity index (χ0) is 15.6. The zero-order valence-corrected chi connectivity index (χ0v) is 13.6. The molecule has 1 amide bonds. The van der Waals surface area contributed by atoms with Crippen LogP contribution in [0, 0.1) is 0 Å². The van der Waals surface area contributed by atoms with Gasteiger partial charge in [-0.05, 0) is 27.2 Å². The molecule has 1 atom stereocenters. The van der Waals surface area contributed by atoms with Crippen LogP contribution < -0.4 is 4.74 Å². The molecular formula is C15H21ClN2O3. The first-order valence-electron chi connectivity index (χ1n) is 7.07. The van der Waals surface area contributed by atoms with Crippen molar-refractivity contribution in [3.05, 3.63) is 23.0 Å². The second-order valence-corrected chi connectivity index (χ2v) is 6.51. The third-order valence-electron chi connectivity index (χ3n) is 3.10. The third-order valence-corrected chi connectivity index (χ3v) is 3.30. The van der Waals surface area contributed by atoms with Crippen LogP contribution in [0.1, 0.15) is 39.7 Å². The Morgan fingerprint density at radius 2 is 2.29 bits per heavy atom.